The molecule has 2 aromatic rings. The SMILES string of the molecule is O=C(O)CCc1cnc(-c2ccc(Br)s2)s1. The van der Waals surface area contributed by atoms with Gasteiger partial charge in [0.2, 0.25) is 0 Å². The van der Waals surface area contributed by atoms with Gasteiger partial charge >= 0.3 is 5.97 Å². The number of aryl methyl sites for hydroxylation is 1. The van der Waals surface area contributed by atoms with Crippen LogP contribution in [-0.4, -0.2) is 16.1 Å². The van der Waals surface area contributed by atoms with Crippen molar-refractivity contribution in [3.63, 3.8) is 0 Å². The number of thiophene rings is 1. The molecule has 0 saturated carbocycles. The molecule has 0 aliphatic heterocycles. The third-order valence-electron chi connectivity index (χ3n) is 1.92. The zero-order valence-corrected chi connectivity index (χ0v) is 11.4. The lowest BCUT2D eigenvalue weighted by Crippen LogP contribution is -1.95. The Morgan fingerprint density at radius 2 is 2.25 bits per heavy atom. The number of hydrogen-bond donors (Lipinski definition) is 1. The maximum atomic E-state index is 10.4. The minimum absolute atomic E-state index is 0.162. The molecule has 0 unspecified atom stereocenters. The Morgan fingerprint density at radius 1 is 1.44 bits per heavy atom. The zero-order valence-electron chi connectivity index (χ0n) is 8.14. The molecule has 0 spiro atoms. The second kappa shape index (κ2) is 5.07. The Hall–Kier alpha value is -0.720. The minimum Gasteiger partial charge on any atom is -0.481 e. The molecule has 84 valence electrons. The van der Waals surface area contributed by atoms with Crippen molar-refractivity contribution in [1.82, 2.24) is 4.98 Å². The number of nitrogens with zero attached hydrogens (tertiary/aromatic N) is 1. The van der Waals surface area contributed by atoms with Crippen LogP contribution >= 0.6 is 38.6 Å². The number of carboxylic acid groups (broad SMARTS) is 1. The highest BCUT2D eigenvalue weighted by atomic mass is 79.9. The first-order valence-electron chi connectivity index (χ1n) is 4.57. The van der Waals surface area contributed by atoms with Crippen LogP contribution in [0.4, 0.5) is 0 Å². The van der Waals surface area contributed by atoms with Crippen LogP contribution in [0.3, 0.4) is 0 Å². The Kier molecular flexibility index (Phi) is 3.73. The molecule has 0 aliphatic carbocycles. The van der Waals surface area contributed by atoms with Crippen LogP contribution in [-0.2, 0) is 11.2 Å². The quantitative estimate of drug-likeness (QED) is 0.936. The van der Waals surface area contributed by atoms with Crippen LogP contribution < -0.4 is 0 Å². The predicted octanol–water partition coefficient (Wildman–Crippen LogP) is 3.65. The van der Waals surface area contributed by atoms with E-state index in [1.807, 2.05) is 12.1 Å². The lowest BCUT2D eigenvalue weighted by molar-refractivity contribution is -0.136. The molecule has 0 bridgehead atoms. The number of rotatable bonds is 4. The van der Waals surface area contributed by atoms with Gasteiger partial charge in [-0.1, -0.05) is 0 Å². The summed E-state index contributed by atoms with van der Waals surface area (Å²) in [6.45, 7) is 0. The molecule has 16 heavy (non-hydrogen) atoms. The molecule has 0 fully saturated rings. The fourth-order valence-corrected chi connectivity index (χ4v) is 3.56. The van der Waals surface area contributed by atoms with Gasteiger partial charge in [-0.25, -0.2) is 4.98 Å². The smallest absolute Gasteiger partial charge is 0.303 e. The van der Waals surface area contributed by atoms with Gasteiger partial charge in [-0.05, 0) is 34.5 Å². The predicted molar refractivity (Wildman–Crippen MR) is 69.1 cm³/mol. The van der Waals surface area contributed by atoms with Crippen LogP contribution in [0.5, 0.6) is 0 Å². The standard InChI is InChI=1S/C10H8BrNO2S2/c11-8-3-2-7(16-8)10-12-5-6(15-10)1-4-9(13)14/h2-3,5H,1,4H2,(H,13,14). The number of thiazole rings is 1. The van der Waals surface area contributed by atoms with Crippen molar-refractivity contribution >= 4 is 44.6 Å². The molecular weight excluding hydrogens is 310 g/mol. The summed E-state index contributed by atoms with van der Waals surface area (Å²) in [5.74, 6) is -0.770. The molecule has 2 aromatic heterocycles. The second-order valence-electron chi connectivity index (χ2n) is 3.13. The van der Waals surface area contributed by atoms with Crippen molar-refractivity contribution in [1.29, 1.82) is 0 Å². The summed E-state index contributed by atoms with van der Waals surface area (Å²) in [5.41, 5.74) is 0. The van der Waals surface area contributed by atoms with Gasteiger partial charge in [0, 0.05) is 11.1 Å². The van der Waals surface area contributed by atoms with Crippen LogP contribution in [0, 0.1) is 0 Å². The summed E-state index contributed by atoms with van der Waals surface area (Å²) in [6.07, 6.45) is 2.48. The van der Waals surface area contributed by atoms with E-state index in [9.17, 15) is 4.79 Å². The molecular formula is C10H8BrNO2S2. The molecule has 0 saturated heterocycles. The van der Waals surface area contributed by atoms with E-state index in [2.05, 4.69) is 20.9 Å². The third kappa shape index (κ3) is 2.90. The highest BCUT2D eigenvalue weighted by Gasteiger charge is 2.08. The van der Waals surface area contributed by atoms with E-state index < -0.39 is 5.97 Å². The molecule has 0 aliphatic rings. The second-order valence-corrected chi connectivity index (χ2v) is 6.71. The van der Waals surface area contributed by atoms with Gasteiger partial charge in [-0.2, -0.15) is 0 Å². The average molecular weight is 318 g/mol. The Balaban J connectivity index is 2.10. The largest absolute Gasteiger partial charge is 0.481 e. The highest BCUT2D eigenvalue weighted by molar-refractivity contribution is 9.11. The van der Waals surface area contributed by atoms with Gasteiger partial charge < -0.3 is 5.11 Å². The van der Waals surface area contributed by atoms with Gasteiger partial charge in [0.1, 0.15) is 5.01 Å². The van der Waals surface area contributed by atoms with E-state index in [0.717, 1.165) is 18.5 Å². The third-order valence-corrected chi connectivity index (χ3v) is 4.77. The average Bonchev–Trinajstić information content (AvgIpc) is 2.83. The first kappa shape index (κ1) is 11.8. The summed E-state index contributed by atoms with van der Waals surface area (Å²) in [7, 11) is 0. The van der Waals surface area contributed by atoms with Crippen LogP contribution in [0.1, 0.15) is 11.3 Å². The van der Waals surface area contributed by atoms with E-state index in [0.29, 0.717) is 6.42 Å². The summed E-state index contributed by atoms with van der Waals surface area (Å²) >= 11 is 6.59. The molecule has 2 rings (SSSR count). The molecule has 6 heteroatoms. The van der Waals surface area contributed by atoms with Crippen LogP contribution in [0.15, 0.2) is 22.1 Å². The first-order chi connectivity index (χ1) is 7.65. The van der Waals surface area contributed by atoms with Crippen molar-refractivity contribution in [2.24, 2.45) is 0 Å². The highest BCUT2D eigenvalue weighted by Crippen LogP contribution is 2.33. The maximum absolute atomic E-state index is 10.4. The number of carboxylic acids is 1. The summed E-state index contributed by atoms with van der Waals surface area (Å²) in [5, 5.41) is 9.54. The topological polar surface area (TPSA) is 50.2 Å². The molecule has 0 aromatic carbocycles. The van der Waals surface area contributed by atoms with Crippen molar-refractivity contribution in [3.8, 4) is 9.88 Å². The minimum atomic E-state index is -0.770. The molecule has 3 nitrogen and oxygen atoms in total. The van der Waals surface area contributed by atoms with Crippen molar-refractivity contribution in [2.75, 3.05) is 0 Å². The fourth-order valence-electron chi connectivity index (χ4n) is 1.20. The Bertz CT molecular complexity index is 506. The van der Waals surface area contributed by atoms with Gasteiger partial charge in [0.05, 0.1) is 15.1 Å². The maximum Gasteiger partial charge on any atom is 0.303 e. The fraction of sp³-hybridized carbons (Fsp3) is 0.200. The lowest BCUT2D eigenvalue weighted by atomic mass is 10.3. The number of aromatic nitrogens is 1. The van der Waals surface area contributed by atoms with E-state index in [-0.39, 0.29) is 6.42 Å². The van der Waals surface area contributed by atoms with Crippen LogP contribution in [0.25, 0.3) is 9.88 Å². The van der Waals surface area contributed by atoms with Gasteiger partial charge in [0.15, 0.2) is 0 Å². The van der Waals surface area contributed by atoms with Crippen molar-refractivity contribution < 1.29 is 9.90 Å². The summed E-state index contributed by atoms with van der Waals surface area (Å²) < 4.78 is 1.07. The number of halogens is 1. The summed E-state index contributed by atoms with van der Waals surface area (Å²) in [4.78, 5) is 16.9. The van der Waals surface area contributed by atoms with Crippen molar-refractivity contribution in [3.05, 3.63) is 27.0 Å². The normalized spacial score (nSPS) is 10.6. The van der Waals surface area contributed by atoms with Gasteiger partial charge in [-0.3, -0.25) is 4.79 Å². The van der Waals surface area contributed by atoms with E-state index in [4.69, 9.17) is 5.11 Å². The van der Waals surface area contributed by atoms with E-state index >= 15 is 0 Å². The number of aliphatic carboxylic acids is 1. The molecule has 0 atom stereocenters. The lowest BCUT2D eigenvalue weighted by Gasteiger charge is -1.90. The Morgan fingerprint density at radius 3 is 2.88 bits per heavy atom. The molecule has 2 heterocycles. The number of hydrogen-bond acceptors (Lipinski definition) is 4. The number of carbonyl (C=O) groups is 1. The zero-order chi connectivity index (χ0) is 11.5. The van der Waals surface area contributed by atoms with E-state index in [1.165, 1.54) is 0 Å². The monoisotopic (exact) mass is 317 g/mol. The van der Waals surface area contributed by atoms with Gasteiger partial charge in [-0.15, -0.1) is 22.7 Å². The van der Waals surface area contributed by atoms with Gasteiger partial charge in [0.25, 0.3) is 0 Å². The first-order valence-corrected chi connectivity index (χ1v) is 7.00. The van der Waals surface area contributed by atoms with Crippen LogP contribution in [0.2, 0.25) is 0 Å². The summed E-state index contributed by atoms with van der Waals surface area (Å²) in [6, 6.07) is 3.99. The van der Waals surface area contributed by atoms with E-state index in [1.54, 1.807) is 28.9 Å². The Labute approximate surface area is 109 Å². The van der Waals surface area contributed by atoms with Crippen molar-refractivity contribution in [2.45, 2.75) is 12.8 Å². The molecule has 1 N–H and O–H groups in total. The molecule has 0 amide bonds. The molecule has 0 radical (unpaired) electrons.